The van der Waals surface area contributed by atoms with E-state index in [4.69, 9.17) is 5.73 Å². The predicted molar refractivity (Wildman–Crippen MR) is 95.0 cm³/mol. The van der Waals surface area contributed by atoms with Crippen LogP contribution in [0.2, 0.25) is 0 Å². The average molecular weight is 452 g/mol. The summed E-state index contributed by atoms with van der Waals surface area (Å²) in [5.74, 6) is -2.82. The summed E-state index contributed by atoms with van der Waals surface area (Å²) >= 11 is 0.583. The number of hydrogen-bond donors (Lipinski definition) is 3. The Labute approximate surface area is 169 Å². The molecule has 30 heavy (non-hydrogen) atoms. The number of aryl methyl sites for hydroxylation is 1. The third-order valence-electron chi connectivity index (χ3n) is 4.54. The minimum Gasteiger partial charge on any atom is -0.365 e. The van der Waals surface area contributed by atoms with Gasteiger partial charge < -0.3 is 16.4 Å². The number of rotatable bonds is 5. The number of anilines is 1. The molecule has 162 valence electrons. The fourth-order valence-corrected chi connectivity index (χ4v) is 4.49. The molecule has 0 atom stereocenters. The molecule has 6 nitrogen and oxygen atoms in total. The molecule has 0 fully saturated rings. The second-order valence-electron chi connectivity index (χ2n) is 6.49. The van der Waals surface area contributed by atoms with Crippen molar-refractivity contribution in [2.45, 2.75) is 37.3 Å². The molecule has 0 spiro atoms. The van der Waals surface area contributed by atoms with E-state index in [1.54, 1.807) is 0 Å². The monoisotopic (exact) mass is 452 g/mol. The fraction of sp³-hybridized carbons (Fsp3) is 0.353. The van der Waals surface area contributed by atoms with E-state index in [9.17, 15) is 35.9 Å². The van der Waals surface area contributed by atoms with E-state index in [1.807, 2.05) is 0 Å². The number of pyridine rings is 1. The van der Waals surface area contributed by atoms with Crippen molar-refractivity contribution in [1.82, 2.24) is 10.3 Å². The molecule has 13 heteroatoms. The maximum absolute atomic E-state index is 13.8. The van der Waals surface area contributed by atoms with Crippen LogP contribution in [-0.4, -0.2) is 34.8 Å². The standard InChI is InChI=1S/C17H14F6N4O2S/c18-16(19,20)15(17(21,22)23,26-13(29)8-3-2-6-25-7-8)27-14-11(12(24)28)9-4-1-5-10(9)30-14/h2-3,6-7,27H,1,4-5H2,(H2,24,28)(H,26,29). The van der Waals surface area contributed by atoms with E-state index in [2.05, 4.69) is 4.98 Å². The van der Waals surface area contributed by atoms with Crippen LogP contribution in [0.4, 0.5) is 31.3 Å². The van der Waals surface area contributed by atoms with Crippen LogP contribution in [0.1, 0.15) is 37.6 Å². The second kappa shape index (κ2) is 7.45. The number of carbonyl (C=O) groups is 2. The van der Waals surface area contributed by atoms with Gasteiger partial charge in [-0.25, -0.2) is 0 Å². The maximum atomic E-state index is 13.8. The molecule has 2 amide bonds. The van der Waals surface area contributed by atoms with Crippen LogP contribution >= 0.6 is 11.3 Å². The van der Waals surface area contributed by atoms with E-state index in [0.717, 1.165) is 17.6 Å². The lowest BCUT2D eigenvalue weighted by molar-refractivity contribution is -0.293. The molecule has 3 rings (SSSR count). The number of nitrogens with two attached hydrogens (primary N) is 1. The number of thiophene rings is 1. The van der Waals surface area contributed by atoms with Gasteiger partial charge in [0.1, 0.15) is 5.00 Å². The number of hydrogen-bond acceptors (Lipinski definition) is 5. The molecule has 0 saturated carbocycles. The van der Waals surface area contributed by atoms with E-state index < -0.39 is 46.0 Å². The summed E-state index contributed by atoms with van der Waals surface area (Å²) in [5, 5.41) is 1.69. The summed E-state index contributed by atoms with van der Waals surface area (Å²) in [6.07, 6.45) is -8.72. The average Bonchev–Trinajstić information content (AvgIpc) is 3.20. The molecule has 0 unspecified atom stereocenters. The van der Waals surface area contributed by atoms with Gasteiger partial charge in [0.15, 0.2) is 0 Å². The lowest BCUT2D eigenvalue weighted by Crippen LogP contribution is -2.72. The highest BCUT2D eigenvalue weighted by Crippen LogP contribution is 2.47. The highest BCUT2D eigenvalue weighted by Gasteiger charge is 2.73. The Balaban J connectivity index is 2.11. The molecular weight excluding hydrogens is 438 g/mol. The van der Waals surface area contributed by atoms with Crippen LogP contribution in [-0.2, 0) is 12.8 Å². The summed E-state index contributed by atoms with van der Waals surface area (Å²) < 4.78 is 83.1. The zero-order valence-electron chi connectivity index (χ0n) is 14.9. The van der Waals surface area contributed by atoms with Crippen molar-refractivity contribution in [3.05, 3.63) is 46.1 Å². The number of aromatic nitrogens is 1. The van der Waals surface area contributed by atoms with Gasteiger partial charge >= 0.3 is 18.0 Å². The van der Waals surface area contributed by atoms with E-state index in [0.29, 0.717) is 41.0 Å². The minimum atomic E-state index is -6.02. The van der Waals surface area contributed by atoms with Crippen molar-refractivity contribution in [1.29, 1.82) is 0 Å². The Hall–Kier alpha value is -2.83. The molecule has 2 aromatic rings. The van der Waals surface area contributed by atoms with Gasteiger partial charge in [-0.1, -0.05) is 0 Å². The van der Waals surface area contributed by atoms with Crippen molar-refractivity contribution in [3.63, 3.8) is 0 Å². The number of halogens is 6. The fourth-order valence-electron chi connectivity index (χ4n) is 3.14. The summed E-state index contributed by atoms with van der Waals surface area (Å²) in [6.45, 7) is 0. The Morgan fingerprint density at radius 3 is 2.30 bits per heavy atom. The number of fused-ring (bicyclic) bond motifs is 1. The van der Waals surface area contributed by atoms with Crippen LogP contribution < -0.4 is 16.4 Å². The topological polar surface area (TPSA) is 97.1 Å². The first-order valence-electron chi connectivity index (χ1n) is 8.46. The summed E-state index contributed by atoms with van der Waals surface area (Å²) in [6, 6.07) is 2.19. The van der Waals surface area contributed by atoms with Crippen LogP contribution in [0, 0.1) is 0 Å². The van der Waals surface area contributed by atoms with Crippen molar-refractivity contribution in [2.24, 2.45) is 5.73 Å². The molecule has 2 aromatic heterocycles. The van der Waals surface area contributed by atoms with Crippen LogP contribution in [0.5, 0.6) is 0 Å². The first-order valence-corrected chi connectivity index (χ1v) is 9.27. The molecule has 2 heterocycles. The molecule has 0 bridgehead atoms. The van der Waals surface area contributed by atoms with Gasteiger partial charge in [0.05, 0.1) is 11.1 Å². The largest absolute Gasteiger partial charge is 0.439 e. The molecule has 0 aliphatic heterocycles. The minimum absolute atomic E-state index is 0.304. The van der Waals surface area contributed by atoms with E-state index >= 15 is 0 Å². The van der Waals surface area contributed by atoms with Gasteiger partial charge in [-0.3, -0.25) is 14.6 Å². The third-order valence-corrected chi connectivity index (χ3v) is 5.75. The first kappa shape index (κ1) is 21.9. The van der Waals surface area contributed by atoms with Gasteiger partial charge in [-0.2, -0.15) is 26.3 Å². The van der Waals surface area contributed by atoms with Gasteiger partial charge in [0.2, 0.25) is 0 Å². The zero-order valence-corrected chi connectivity index (χ0v) is 15.8. The van der Waals surface area contributed by atoms with Gasteiger partial charge in [0, 0.05) is 17.3 Å². The Kier molecular flexibility index (Phi) is 5.43. The normalized spacial score (nSPS) is 14.3. The molecule has 0 radical (unpaired) electrons. The number of alkyl halides is 6. The lowest BCUT2D eigenvalue weighted by Gasteiger charge is -2.38. The Bertz CT molecular complexity index is 957. The van der Waals surface area contributed by atoms with Gasteiger partial charge in [0.25, 0.3) is 11.8 Å². The summed E-state index contributed by atoms with van der Waals surface area (Å²) in [7, 11) is 0. The lowest BCUT2D eigenvalue weighted by atomic mass is 10.1. The molecule has 1 aliphatic rings. The third kappa shape index (κ3) is 3.68. The molecular formula is C17H14F6N4O2S. The maximum Gasteiger partial charge on any atom is 0.439 e. The number of primary amides is 1. The van der Waals surface area contributed by atoms with Crippen LogP contribution in [0.15, 0.2) is 24.5 Å². The quantitative estimate of drug-likeness (QED) is 0.479. The Morgan fingerprint density at radius 1 is 1.10 bits per heavy atom. The van der Waals surface area contributed by atoms with E-state index in [-0.39, 0.29) is 0 Å². The van der Waals surface area contributed by atoms with Gasteiger partial charge in [-0.05, 0) is 37.0 Å². The molecule has 0 aromatic carbocycles. The zero-order chi connectivity index (χ0) is 22.3. The highest BCUT2D eigenvalue weighted by molar-refractivity contribution is 7.16. The second-order valence-corrected chi connectivity index (χ2v) is 7.60. The predicted octanol–water partition coefficient (Wildman–Crippen LogP) is 3.39. The number of amides is 2. The molecule has 1 aliphatic carbocycles. The van der Waals surface area contributed by atoms with Crippen LogP contribution in [0.3, 0.4) is 0 Å². The van der Waals surface area contributed by atoms with Gasteiger partial charge in [-0.15, -0.1) is 11.3 Å². The summed E-state index contributed by atoms with van der Waals surface area (Å²) in [4.78, 5) is 28.0. The Morgan fingerprint density at radius 2 is 1.77 bits per heavy atom. The SMILES string of the molecule is NC(=O)c1c(NC(NC(=O)c2cccnc2)(C(F)(F)F)C(F)(F)F)sc2c1CCC2. The smallest absolute Gasteiger partial charge is 0.365 e. The summed E-state index contributed by atoms with van der Waals surface area (Å²) in [5.41, 5.74) is -0.251. The number of carbonyl (C=O) groups excluding carboxylic acids is 2. The van der Waals surface area contributed by atoms with Crippen molar-refractivity contribution < 1.29 is 35.9 Å². The first-order chi connectivity index (χ1) is 13.9. The van der Waals surface area contributed by atoms with Crippen molar-refractivity contribution in [2.75, 3.05) is 5.32 Å². The van der Waals surface area contributed by atoms with Crippen molar-refractivity contribution in [3.8, 4) is 0 Å². The molecule has 4 N–H and O–H groups in total. The number of nitrogens with one attached hydrogen (secondary N) is 2. The van der Waals surface area contributed by atoms with E-state index in [1.165, 1.54) is 17.6 Å². The highest BCUT2D eigenvalue weighted by atomic mass is 32.1. The van der Waals surface area contributed by atoms with Crippen molar-refractivity contribution >= 4 is 28.2 Å². The molecule has 0 saturated heterocycles. The number of nitrogens with zero attached hydrogens (tertiary/aromatic N) is 1. The van der Waals surface area contributed by atoms with Crippen LogP contribution in [0.25, 0.3) is 0 Å².